The van der Waals surface area contributed by atoms with E-state index in [0.29, 0.717) is 0 Å². The first-order chi connectivity index (χ1) is 11.2. The molecular weight excluding hydrogens is 386 g/mol. The van der Waals surface area contributed by atoms with Crippen LogP contribution in [-0.2, 0) is 0 Å². The van der Waals surface area contributed by atoms with Crippen molar-refractivity contribution in [2.24, 2.45) is 0 Å². The second kappa shape index (κ2) is 8.17. The zero-order chi connectivity index (χ0) is 16.2. The van der Waals surface area contributed by atoms with E-state index < -0.39 is 0 Å². The Hall–Kier alpha value is -2.05. The summed E-state index contributed by atoms with van der Waals surface area (Å²) in [5, 5.41) is 6.28. The van der Waals surface area contributed by atoms with Crippen molar-refractivity contribution in [3.63, 3.8) is 0 Å². The highest BCUT2D eigenvalue weighted by atomic mass is 79.9. The number of hydrogen-bond acceptors (Lipinski definition) is 5. The van der Waals surface area contributed by atoms with E-state index >= 15 is 0 Å². The molecule has 2 aromatic carbocycles. The van der Waals surface area contributed by atoms with Crippen LogP contribution in [0.25, 0.3) is 11.3 Å². The Morgan fingerprint density at radius 3 is 2.25 bits per heavy atom. The fourth-order valence-electron chi connectivity index (χ4n) is 2.19. The number of nitrogens with zero attached hydrogens (tertiary/aromatic N) is 2. The molecule has 1 heterocycles. The van der Waals surface area contributed by atoms with E-state index in [1.165, 1.54) is 5.69 Å². The van der Waals surface area contributed by atoms with Crippen molar-refractivity contribution in [1.29, 1.82) is 0 Å². The molecule has 1 N–H and O–H groups in total. The first kappa shape index (κ1) is 18.3. The minimum absolute atomic E-state index is 0. The van der Waals surface area contributed by atoms with Crippen LogP contribution in [0.4, 0.5) is 16.5 Å². The highest BCUT2D eigenvalue weighted by Crippen LogP contribution is 2.28. The van der Waals surface area contributed by atoms with Crippen molar-refractivity contribution >= 4 is 44.8 Å². The standard InChI is InChI=1S/C18H19N3OS.BrH/c1-21(2)15-8-6-14(7-9-15)19-18-20-17(12-23-18)13-4-10-16(22-3)11-5-13;/h4-12H,1-3H3,(H,19,20);1H. The molecule has 0 radical (unpaired) electrons. The Balaban J connectivity index is 0.00000208. The zero-order valence-corrected chi connectivity index (χ0v) is 16.3. The smallest absolute Gasteiger partial charge is 0.187 e. The number of nitrogens with one attached hydrogen (secondary N) is 1. The van der Waals surface area contributed by atoms with Crippen LogP contribution in [-0.4, -0.2) is 26.2 Å². The molecule has 0 spiro atoms. The summed E-state index contributed by atoms with van der Waals surface area (Å²) in [7, 11) is 5.73. The van der Waals surface area contributed by atoms with Gasteiger partial charge in [0.15, 0.2) is 5.13 Å². The van der Waals surface area contributed by atoms with Gasteiger partial charge in [0.25, 0.3) is 0 Å². The topological polar surface area (TPSA) is 37.4 Å². The van der Waals surface area contributed by atoms with E-state index in [-0.39, 0.29) is 17.0 Å². The number of aromatic nitrogens is 1. The lowest BCUT2D eigenvalue weighted by atomic mass is 10.2. The van der Waals surface area contributed by atoms with Gasteiger partial charge >= 0.3 is 0 Å². The molecule has 0 amide bonds. The maximum Gasteiger partial charge on any atom is 0.187 e. The Morgan fingerprint density at radius 1 is 1.00 bits per heavy atom. The molecule has 24 heavy (non-hydrogen) atoms. The van der Waals surface area contributed by atoms with E-state index in [9.17, 15) is 0 Å². The summed E-state index contributed by atoms with van der Waals surface area (Å²) in [6.45, 7) is 0. The van der Waals surface area contributed by atoms with Gasteiger partial charge in [-0.15, -0.1) is 28.3 Å². The third kappa shape index (κ3) is 4.27. The van der Waals surface area contributed by atoms with Crippen LogP contribution >= 0.6 is 28.3 Å². The number of benzene rings is 2. The molecule has 3 rings (SSSR count). The van der Waals surface area contributed by atoms with Gasteiger partial charge in [0.1, 0.15) is 5.75 Å². The number of rotatable bonds is 5. The predicted molar refractivity (Wildman–Crippen MR) is 108 cm³/mol. The first-order valence-electron chi connectivity index (χ1n) is 7.30. The zero-order valence-electron chi connectivity index (χ0n) is 13.8. The van der Waals surface area contributed by atoms with E-state index in [1.807, 2.05) is 38.4 Å². The van der Waals surface area contributed by atoms with Gasteiger partial charge in [-0.05, 0) is 48.5 Å². The summed E-state index contributed by atoms with van der Waals surface area (Å²) in [5.74, 6) is 0.850. The maximum atomic E-state index is 5.18. The Morgan fingerprint density at radius 2 is 1.67 bits per heavy atom. The van der Waals surface area contributed by atoms with Gasteiger partial charge < -0.3 is 15.0 Å². The molecule has 0 bridgehead atoms. The molecule has 0 aliphatic carbocycles. The summed E-state index contributed by atoms with van der Waals surface area (Å²) >= 11 is 1.60. The molecule has 4 nitrogen and oxygen atoms in total. The Labute approximate surface area is 156 Å². The van der Waals surface area contributed by atoms with Crippen molar-refractivity contribution < 1.29 is 4.74 Å². The first-order valence-corrected chi connectivity index (χ1v) is 8.18. The molecular formula is C18H20BrN3OS. The van der Waals surface area contributed by atoms with Crippen LogP contribution in [0.1, 0.15) is 0 Å². The largest absolute Gasteiger partial charge is 0.497 e. The second-order valence-corrected chi connectivity index (χ2v) is 6.19. The van der Waals surface area contributed by atoms with Crippen LogP contribution < -0.4 is 15.0 Å². The lowest BCUT2D eigenvalue weighted by Crippen LogP contribution is -2.08. The number of anilines is 3. The van der Waals surface area contributed by atoms with E-state index in [1.54, 1.807) is 18.4 Å². The van der Waals surface area contributed by atoms with E-state index in [4.69, 9.17) is 4.74 Å². The number of hydrogen-bond donors (Lipinski definition) is 1. The van der Waals surface area contributed by atoms with Crippen LogP contribution in [0.15, 0.2) is 53.9 Å². The fourth-order valence-corrected chi connectivity index (χ4v) is 2.93. The second-order valence-electron chi connectivity index (χ2n) is 5.33. The lowest BCUT2D eigenvalue weighted by Gasteiger charge is -2.12. The van der Waals surface area contributed by atoms with E-state index in [0.717, 1.165) is 27.8 Å². The summed E-state index contributed by atoms with van der Waals surface area (Å²) in [6.07, 6.45) is 0. The van der Waals surface area contributed by atoms with Gasteiger partial charge in [-0.1, -0.05) is 0 Å². The predicted octanol–water partition coefficient (Wildman–Crippen LogP) is 5.21. The minimum atomic E-state index is 0. The van der Waals surface area contributed by atoms with Gasteiger partial charge in [-0.3, -0.25) is 0 Å². The number of halogens is 1. The molecule has 0 aliphatic rings. The molecule has 126 valence electrons. The number of ether oxygens (including phenoxy) is 1. The van der Waals surface area contributed by atoms with Crippen molar-refractivity contribution in [3.05, 3.63) is 53.9 Å². The molecule has 0 unspecified atom stereocenters. The van der Waals surface area contributed by atoms with Crippen LogP contribution in [0, 0.1) is 0 Å². The summed E-state index contributed by atoms with van der Waals surface area (Å²) in [6, 6.07) is 16.2. The molecule has 0 atom stereocenters. The SMILES string of the molecule is Br.COc1ccc(-c2csc(Nc3ccc(N(C)C)cc3)n2)cc1. The average molecular weight is 406 g/mol. The summed E-state index contributed by atoms with van der Waals surface area (Å²) in [5.41, 5.74) is 4.25. The van der Waals surface area contributed by atoms with Crippen molar-refractivity contribution in [2.75, 3.05) is 31.4 Å². The van der Waals surface area contributed by atoms with Gasteiger partial charge in [-0.2, -0.15) is 0 Å². The molecule has 6 heteroatoms. The molecule has 1 aromatic heterocycles. The van der Waals surface area contributed by atoms with E-state index in [2.05, 4.69) is 44.8 Å². The van der Waals surface area contributed by atoms with Crippen molar-refractivity contribution in [3.8, 4) is 17.0 Å². The van der Waals surface area contributed by atoms with Gasteiger partial charge in [0.2, 0.25) is 0 Å². The molecule has 0 fully saturated rings. The fraction of sp³-hybridized carbons (Fsp3) is 0.167. The minimum Gasteiger partial charge on any atom is -0.497 e. The Bertz CT molecular complexity index is 770. The lowest BCUT2D eigenvalue weighted by molar-refractivity contribution is 0.415. The van der Waals surface area contributed by atoms with Gasteiger partial charge in [0.05, 0.1) is 12.8 Å². The highest BCUT2D eigenvalue weighted by molar-refractivity contribution is 8.93. The normalized spacial score (nSPS) is 9.96. The summed E-state index contributed by atoms with van der Waals surface area (Å²) in [4.78, 5) is 6.72. The molecule has 0 aliphatic heterocycles. The third-order valence-electron chi connectivity index (χ3n) is 3.52. The maximum absolute atomic E-state index is 5.18. The van der Waals surface area contributed by atoms with Crippen LogP contribution in [0.5, 0.6) is 5.75 Å². The van der Waals surface area contributed by atoms with Crippen LogP contribution in [0.3, 0.4) is 0 Å². The van der Waals surface area contributed by atoms with Crippen LogP contribution in [0.2, 0.25) is 0 Å². The molecule has 0 saturated heterocycles. The monoisotopic (exact) mass is 405 g/mol. The molecule has 3 aromatic rings. The number of thiazole rings is 1. The average Bonchev–Trinajstić information content (AvgIpc) is 3.04. The molecule has 0 saturated carbocycles. The quantitative estimate of drug-likeness (QED) is 0.632. The van der Waals surface area contributed by atoms with Crippen molar-refractivity contribution in [2.45, 2.75) is 0 Å². The van der Waals surface area contributed by atoms with Crippen molar-refractivity contribution in [1.82, 2.24) is 4.98 Å². The summed E-state index contributed by atoms with van der Waals surface area (Å²) < 4.78 is 5.18. The van der Waals surface area contributed by atoms with Gasteiger partial charge in [-0.25, -0.2) is 4.98 Å². The Kier molecular flexibility index (Phi) is 6.23. The number of methoxy groups -OCH3 is 1. The third-order valence-corrected chi connectivity index (χ3v) is 4.28. The highest BCUT2D eigenvalue weighted by Gasteiger charge is 2.05. The van der Waals surface area contributed by atoms with Gasteiger partial charge in [0, 0.05) is 36.4 Å².